The predicted octanol–water partition coefficient (Wildman–Crippen LogP) is -3.72. The summed E-state index contributed by atoms with van der Waals surface area (Å²) >= 11 is 0. The predicted molar refractivity (Wildman–Crippen MR) is 49.6 cm³/mol. The Labute approximate surface area is 86.5 Å². The van der Waals surface area contributed by atoms with E-state index < -0.39 is 36.3 Å². The van der Waals surface area contributed by atoms with Gasteiger partial charge in [-0.15, -0.1) is 0 Å². The Kier molecular flexibility index (Phi) is 4.00. The average molecular weight is 220 g/mol. The summed E-state index contributed by atoms with van der Waals surface area (Å²) < 4.78 is 0. The number of aliphatic hydroxyl groups is 4. The van der Waals surface area contributed by atoms with E-state index in [0.29, 0.717) is 0 Å². The molecule has 1 saturated heterocycles. The van der Waals surface area contributed by atoms with Gasteiger partial charge in [0.1, 0.15) is 18.2 Å². The SMILES string of the molecule is NC(=O)C1NC(CCO)C(O)C(O)C1O. The molecule has 5 unspecified atom stereocenters. The number of rotatable bonds is 3. The third-order valence-corrected chi connectivity index (χ3v) is 2.59. The van der Waals surface area contributed by atoms with Crippen molar-refractivity contribution in [1.29, 1.82) is 0 Å². The summed E-state index contributed by atoms with van der Waals surface area (Å²) in [6, 6.07) is -1.77. The average Bonchev–Trinajstić information content (AvgIpc) is 2.18. The van der Waals surface area contributed by atoms with E-state index in [2.05, 4.69) is 5.32 Å². The van der Waals surface area contributed by atoms with Crippen molar-refractivity contribution >= 4 is 5.91 Å². The second-order valence-corrected chi connectivity index (χ2v) is 3.64. The van der Waals surface area contributed by atoms with Crippen LogP contribution in [0.5, 0.6) is 0 Å². The molecule has 1 aliphatic heterocycles. The zero-order valence-corrected chi connectivity index (χ0v) is 8.08. The van der Waals surface area contributed by atoms with Crippen molar-refractivity contribution in [3.8, 4) is 0 Å². The molecular formula is C8H16N2O5. The van der Waals surface area contributed by atoms with Crippen LogP contribution in [-0.2, 0) is 4.79 Å². The molecule has 0 radical (unpaired) electrons. The number of nitrogens with two attached hydrogens (primary N) is 1. The highest BCUT2D eigenvalue weighted by atomic mass is 16.4. The smallest absolute Gasteiger partial charge is 0.237 e. The number of hydrogen-bond acceptors (Lipinski definition) is 6. The Morgan fingerprint density at radius 2 is 1.80 bits per heavy atom. The molecule has 7 N–H and O–H groups in total. The molecule has 0 spiro atoms. The topological polar surface area (TPSA) is 136 Å². The van der Waals surface area contributed by atoms with Gasteiger partial charge in [-0.05, 0) is 6.42 Å². The molecular weight excluding hydrogens is 204 g/mol. The van der Waals surface area contributed by atoms with E-state index in [1.165, 1.54) is 0 Å². The Balaban J connectivity index is 2.75. The quantitative estimate of drug-likeness (QED) is 0.289. The molecule has 0 aromatic rings. The fourth-order valence-electron chi connectivity index (χ4n) is 1.71. The number of primary amides is 1. The molecule has 1 amide bonds. The summed E-state index contributed by atoms with van der Waals surface area (Å²) in [6.07, 6.45) is -3.95. The lowest BCUT2D eigenvalue weighted by atomic mass is 9.88. The van der Waals surface area contributed by atoms with Crippen LogP contribution in [0.4, 0.5) is 0 Å². The summed E-state index contributed by atoms with van der Waals surface area (Å²) in [5, 5.41) is 39.7. The lowest BCUT2D eigenvalue weighted by Gasteiger charge is -2.40. The van der Waals surface area contributed by atoms with E-state index in [9.17, 15) is 20.1 Å². The minimum atomic E-state index is -1.44. The molecule has 1 aliphatic rings. The fraction of sp³-hybridized carbons (Fsp3) is 0.875. The summed E-state index contributed by atoms with van der Waals surface area (Å²) in [5.74, 6) is -0.809. The van der Waals surface area contributed by atoms with Gasteiger partial charge in [0, 0.05) is 12.6 Å². The Morgan fingerprint density at radius 3 is 2.27 bits per heavy atom. The minimum Gasteiger partial charge on any atom is -0.396 e. The second kappa shape index (κ2) is 4.86. The summed E-state index contributed by atoms with van der Waals surface area (Å²) in [5.41, 5.74) is 5.01. The second-order valence-electron chi connectivity index (χ2n) is 3.64. The maximum Gasteiger partial charge on any atom is 0.237 e. The maximum atomic E-state index is 10.9. The Bertz CT molecular complexity index is 237. The molecule has 7 nitrogen and oxygen atoms in total. The Hall–Kier alpha value is -0.730. The molecule has 88 valence electrons. The van der Waals surface area contributed by atoms with Crippen molar-refractivity contribution < 1.29 is 25.2 Å². The number of nitrogens with one attached hydrogen (secondary N) is 1. The summed E-state index contributed by atoms with van der Waals surface area (Å²) in [6.45, 7) is -0.205. The first-order chi connectivity index (χ1) is 6.99. The summed E-state index contributed by atoms with van der Waals surface area (Å²) in [4.78, 5) is 10.9. The number of carbonyl (C=O) groups excluding carboxylic acids is 1. The highest BCUT2D eigenvalue weighted by molar-refractivity contribution is 5.81. The number of carbonyl (C=O) groups is 1. The molecule has 0 aliphatic carbocycles. The van der Waals surface area contributed by atoms with Gasteiger partial charge in [0.05, 0.1) is 6.10 Å². The van der Waals surface area contributed by atoms with Crippen molar-refractivity contribution in [2.24, 2.45) is 5.73 Å². The van der Waals surface area contributed by atoms with E-state index in [0.717, 1.165) is 0 Å². The number of aliphatic hydroxyl groups excluding tert-OH is 4. The van der Waals surface area contributed by atoms with Gasteiger partial charge in [-0.1, -0.05) is 0 Å². The van der Waals surface area contributed by atoms with Gasteiger partial charge < -0.3 is 26.2 Å². The van der Waals surface area contributed by atoms with Gasteiger partial charge in [-0.25, -0.2) is 0 Å². The van der Waals surface area contributed by atoms with Crippen molar-refractivity contribution in [1.82, 2.24) is 5.32 Å². The lowest BCUT2D eigenvalue weighted by molar-refractivity contribution is -0.141. The van der Waals surface area contributed by atoms with E-state index in [1.807, 2.05) is 0 Å². The zero-order chi connectivity index (χ0) is 11.6. The largest absolute Gasteiger partial charge is 0.396 e. The molecule has 1 fully saturated rings. The van der Waals surface area contributed by atoms with Gasteiger partial charge in [0.2, 0.25) is 5.91 Å². The van der Waals surface area contributed by atoms with Gasteiger partial charge >= 0.3 is 0 Å². The molecule has 0 aromatic heterocycles. The van der Waals surface area contributed by atoms with Crippen molar-refractivity contribution in [2.45, 2.75) is 36.8 Å². The molecule has 1 heterocycles. The van der Waals surface area contributed by atoms with Crippen LogP contribution in [-0.4, -0.2) is 63.3 Å². The molecule has 5 atom stereocenters. The normalized spacial score (nSPS) is 41.5. The number of hydrogen-bond donors (Lipinski definition) is 6. The fourth-order valence-corrected chi connectivity index (χ4v) is 1.71. The van der Waals surface area contributed by atoms with Crippen LogP contribution in [0, 0.1) is 0 Å². The van der Waals surface area contributed by atoms with Crippen molar-refractivity contribution in [3.05, 3.63) is 0 Å². The van der Waals surface area contributed by atoms with Crippen molar-refractivity contribution in [3.63, 3.8) is 0 Å². The van der Waals surface area contributed by atoms with E-state index in [-0.39, 0.29) is 13.0 Å². The van der Waals surface area contributed by atoms with E-state index >= 15 is 0 Å². The van der Waals surface area contributed by atoms with Gasteiger partial charge in [0.15, 0.2) is 0 Å². The maximum absolute atomic E-state index is 10.9. The van der Waals surface area contributed by atoms with Gasteiger partial charge in [-0.3, -0.25) is 10.1 Å². The molecule has 15 heavy (non-hydrogen) atoms. The number of piperidine rings is 1. The zero-order valence-electron chi connectivity index (χ0n) is 8.08. The first-order valence-electron chi connectivity index (χ1n) is 4.69. The summed E-state index contributed by atoms with van der Waals surface area (Å²) in [7, 11) is 0. The van der Waals surface area contributed by atoms with Gasteiger partial charge in [-0.2, -0.15) is 0 Å². The highest BCUT2D eigenvalue weighted by Crippen LogP contribution is 2.17. The molecule has 7 heteroatoms. The number of amides is 1. The van der Waals surface area contributed by atoms with Crippen LogP contribution in [0.15, 0.2) is 0 Å². The standard InChI is InChI=1S/C8H16N2O5/c9-8(15)4-6(13)7(14)5(12)3(10-4)1-2-11/h3-7,10-14H,1-2H2,(H2,9,15). The van der Waals surface area contributed by atoms with Crippen LogP contribution in [0.2, 0.25) is 0 Å². The molecule has 0 aromatic carbocycles. The van der Waals surface area contributed by atoms with Crippen LogP contribution in [0.3, 0.4) is 0 Å². The molecule has 0 saturated carbocycles. The lowest BCUT2D eigenvalue weighted by Crippen LogP contribution is -2.68. The third-order valence-electron chi connectivity index (χ3n) is 2.59. The van der Waals surface area contributed by atoms with Crippen LogP contribution in [0.25, 0.3) is 0 Å². The highest BCUT2D eigenvalue weighted by Gasteiger charge is 2.44. The van der Waals surface area contributed by atoms with Crippen LogP contribution >= 0.6 is 0 Å². The van der Waals surface area contributed by atoms with Crippen LogP contribution in [0.1, 0.15) is 6.42 Å². The van der Waals surface area contributed by atoms with Crippen molar-refractivity contribution in [2.75, 3.05) is 6.61 Å². The molecule has 0 bridgehead atoms. The molecule has 1 rings (SSSR count). The third kappa shape index (κ3) is 2.44. The Morgan fingerprint density at radius 1 is 1.20 bits per heavy atom. The first-order valence-corrected chi connectivity index (χ1v) is 4.69. The van der Waals surface area contributed by atoms with Crippen LogP contribution < -0.4 is 11.1 Å². The first kappa shape index (κ1) is 12.3. The minimum absolute atomic E-state index is 0.161. The van der Waals surface area contributed by atoms with Gasteiger partial charge in [0.25, 0.3) is 0 Å². The van der Waals surface area contributed by atoms with E-state index in [4.69, 9.17) is 10.8 Å². The van der Waals surface area contributed by atoms with E-state index in [1.54, 1.807) is 0 Å². The monoisotopic (exact) mass is 220 g/mol.